The number of nitrogens with one attached hydrogen (secondary N) is 1. The van der Waals surface area contributed by atoms with Gasteiger partial charge in [-0.05, 0) is 32.6 Å². The molecule has 2 rings (SSSR count). The van der Waals surface area contributed by atoms with Gasteiger partial charge in [0.1, 0.15) is 0 Å². The largest absolute Gasteiger partial charge is 0.472 e. The van der Waals surface area contributed by atoms with E-state index in [1.807, 2.05) is 6.07 Å². The first-order valence-corrected chi connectivity index (χ1v) is 6.65. The SMILES string of the molecule is CC(NCC(c1ccccc1)N(C)C)c1ccoc1. The van der Waals surface area contributed by atoms with E-state index in [0.29, 0.717) is 12.1 Å². The molecule has 3 nitrogen and oxygen atoms in total. The molecule has 0 aliphatic rings. The Bertz CT molecular complexity index is 465. The van der Waals surface area contributed by atoms with Gasteiger partial charge >= 0.3 is 0 Å². The highest BCUT2D eigenvalue weighted by Crippen LogP contribution is 2.19. The molecule has 0 amide bonds. The topological polar surface area (TPSA) is 28.4 Å². The smallest absolute Gasteiger partial charge is 0.0950 e. The summed E-state index contributed by atoms with van der Waals surface area (Å²) in [6.45, 7) is 3.06. The van der Waals surface area contributed by atoms with Crippen LogP contribution in [0.1, 0.15) is 30.1 Å². The molecule has 1 aromatic carbocycles. The van der Waals surface area contributed by atoms with Gasteiger partial charge in [-0.2, -0.15) is 0 Å². The Labute approximate surface area is 115 Å². The molecule has 1 aromatic heterocycles. The summed E-state index contributed by atoms with van der Waals surface area (Å²) in [6, 6.07) is 13.3. The lowest BCUT2D eigenvalue weighted by atomic mass is 10.1. The predicted molar refractivity (Wildman–Crippen MR) is 78.0 cm³/mol. The number of benzene rings is 1. The van der Waals surface area contributed by atoms with Crippen LogP contribution in [0.15, 0.2) is 53.3 Å². The Morgan fingerprint density at radius 1 is 1.11 bits per heavy atom. The number of rotatable bonds is 6. The van der Waals surface area contributed by atoms with Crippen LogP contribution < -0.4 is 5.32 Å². The van der Waals surface area contributed by atoms with Gasteiger partial charge in [-0.3, -0.25) is 0 Å². The summed E-state index contributed by atoms with van der Waals surface area (Å²) in [5.41, 5.74) is 2.52. The van der Waals surface area contributed by atoms with Crippen LogP contribution in [0.5, 0.6) is 0 Å². The highest BCUT2D eigenvalue weighted by atomic mass is 16.3. The van der Waals surface area contributed by atoms with Crippen molar-refractivity contribution < 1.29 is 4.42 Å². The quantitative estimate of drug-likeness (QED) is 0.862. The molecule has 0 aliphatic carbocycles. The predicted octanol–water partition coefficient (Wildman–Crippen LogP) is 3.23. The number of hydrogen-bond acceptors (Lipinski definition) is 3. The second-order valence-corrected chi connectivity index (χ2v) is 5.08. The second-order valence-electron chi connectivity index (χ2n) is 5.08. The lowest BCUT2D eigenvalue weighted by Gasteiger charge is -2.26. The van der Waals surface area contributed by atoms with Crippen LogP contribution in [0.25, 0.3) is 0 Å². The van der Waals surface area contributed by atoms with Gasteiger partial charge in [0.05, 0.1) is 12.5 Å². The zero-order chi connectivity index (χ0) is 13.7. The van der Waals surface area contributed by atoms with E-state index in [0.717, 1.165) is 6.54 Å². The van der Waals surface area contributed by atoms with E-state index in [2.05, 4.69) is 61.6 Å². The third kappa shape index (κ3) is 3.69. The summed E-state index contributed by atoms with van der Waals surface area (Å²) in [7, 11) is 4.23. The highest BCUT2D eigenvalue weighted by Gasteiger charge is 2.15. The molecule has 0 bridgehead atoms. The zero-order valence-corrected chi connectivity index (χ0v) is 11.8. The van der Waals surface area contributed by atoms with Crippen molar-refractivity contribution in [1.29, 1.82) is 0 Å². The van der Waals surface area contributed by atoms with Crippen molar-refractivity contribution in [2.75, 3.05) is 20.6 Å². The van der Waals surface area contributed by atoms with Crippen LogP contribution in [-0.4, -0.2) is 25.5 Å². The van der Waals surface area contributed by atoms with Crippen molar-refractivity contribution >= 4 is 0 Å². The van der Waals surface area contributed by atoms with Crippen molar-refractivity contribution in [2.45, 2.75) is 19.0 Å². The minimum absolute atomic E-state index is 0.296. The van der Waals surface area contributed by atoms with Crippen molar-refractivity contribution in [3.05, 3.63) is 60.1 Å². The Morgan fingerprint density at radius 3 is 2.42 bits per heavy atom. The third-order valence-corrected chi connectivity index (χ3v) is 3.47. The van der Waals surface area contributed by atoms with Crippen LogP contribution in [0.3, 0.4) is 0 Å². The Hall–Kier alpha value is -1.58. The molecule has 1 heterocycles. The molecule has 0 fully saturated rings. The van der Waals surface area contributed by atoms with Crippen LogP contribution in [0.4, 0.5) is 0 Å². The molecule has 0 aliphatic heterocycles. The maximum Gasteiger partial charge on any atom is 0.0950 e. The first kappa shape index (κ1) is 13.8. The van der Waals surface area contributed by atoms with Crippen molar-refractivity contribution in [3.63, 3.8) is 0 Å². The van der Waals surface area contributed by atoms with E-state index in [-0.39, 0.29) is 0 Å². The Kier molecular flexibility index (Phi) is 4.77. The van der Waals surface area contributed by atoms with Crippen LogP contribution in [0.2, 0.25) is 0 Å². The highest BCUT2D eigenvalue weighted by molar-refractivity contribution is 5.19. The second kappa shape index (κ2) is 6.55. The zero-order valence-electron chi connectivity index (χ0n) is 11.8. The molecule has 2 aromatic rings. The van der Waals surface area contributed by atoms with Gasteiger partial charge in [0.25, 0.3) is 0 Å². The molecule has 2 unspecified atom stereocenters. The minimum atomic E-state index is 0.296. The summed E-state index contributed by atoms with van der Waals surface area (Å²) in [6.07, 6.45) is 3.51. The summed E-state index contributed by atoms with van der Waals surface area (Å²) in [4.78, 5) is 2.24. The average molecular weight is 258 g/mol. The number of furan rings is 1. The molecular formula is C16H22N2O. The van der Waals surface area contributed by atoms with E-state index in [4.69, 9.17) is 4.42 Å². The van der Waals surface area contributed by atoms with Crippen LogP contribution in [-0.2, 0) is 0 Å². The van der Waals surface area contributed by atoms with Gasteiger partial charge in [-0.25, -0.2) is 0 Å². The average Bonchev–Trinajstić information content (AvgIpc) is 2.93. The molecule has 0 radical (unpaired) electrons. The van der Waals surface area contributed by atoms with E-state index < -0.39 is 0 Å². The molecule has 0 saturated carbocycles. The van der Waals surface area contributed by atoms with E-state index >= 15 is 0 Å². The molecule has 0 saturated heterocycles. The lowest BCUT2D eigenvalue weighted by molar-refractivity contribution is 0.281. The normalized spacial score (nSPS) is 14.5. The Balaban J connectivity index is 1.98. The fourth-order valence-corrected chi connectivity index (χ4v) is 2.20. The Morgan fingerprint density at radius 2 is 1.84 bits per heavy atom. The standard InChI is InChI=1S/C16H22N2O/c1-13(15-9-10-19-12-15)17-11-16(18(2)3)14-7-5-4-6-8-14/h4-10,12-13,16-17H,11H2,1-3H3. The van der Waals surface area contributed by atoms with E-state index in [9.17, 15) is 0 Å². The van der Waals surface area contributed by atoms with Gasteiger partial charge in [-0.1, -0.05) is 30.3 Å². The molecule has 19 heavy (non-hydrogen) atoms. The minimum Gasteiger partial charge on any atom is -0.472 e. The molecule has 0 spiro atoms. The van der Waals surface area contributed by atoms with Crippen LogP contribution >= 0.6 is 0 Å². The number of hydrogen-bond donors (Lipinski definition) is 1. The van der Waals surface area contributed by atoms with Crippen molar-refractivity contribution in [3.8, 4) is 0 Å². The third-order valence-electron chi connectivity index (χ3n) is 3.47. The molecule has 1 N–H and O–H groups in total. The summed E-state index contributed by atoms with van der Waals surface area (Å²) in [5, 5.41) is 3.56. The first-order chi connectivity index (χ1) is 9.18. The fourth-order valence-electron chi connectivity index (χ4n) is 2.20. The molecule has 102 valence electrons. The van der Waals surface area contributed by atoms with E-state index in [1.54, 1.807) is 12.5 Å². The van der Waals surface area contributed by atoms with Crippen molar-refractivity contribution in [2.24, 2.45) is 0 Å². The summed E-state index contributed by atoms with van der Waals surface area (Å²) >= 11 is 0. The van der Waals surface area contributed by atoms with Gasteiger partial charge < -0.3 is 14.6 Å². The van der Waals surface area contributed by atoms with Gasteiger partial charge in [0.2, 0.25) is 0 Å². The van der Waals surface area contributed by atoms with E-state index in [1.165, 1.54) is 11.1 Å². The van der Waals surface area contributed by atoms with Crippen LogP contribution in [0, 0.1) is 0 Å². The summed E-state index contributed by atoms with van der Waals surface area (Å²) < 4.78 is 5.12. The molecule has 2 atom stereocenters. The first-order valence-electron chi connectivity index (χ1n) is 6.65. The fraction of sp³-hybridized carbons (Fsp3) is 0.375. The maximum atomic E-state index is 5.12. The molecule has 3 heteroatoms. The molecular weight excluding hydrogens is 236 g/mol. The maximum absolute atomic E-state index is 5.12. The van der Waals surface area contributed by atoms with Gasteiger partial charge in [-0.15, -0.1) is 0 Å². The number of likely N-dealkylation sites (N-methyl/N-ethyl adjacent to an activating group) is 1. The summed E-state index contributed by atoms with van der Waals surface area (Å²) in [5.74, 6) is 0. The number of nitrogens with zero attached hydrogens (tertiary/aromatic N) is 1. The van der Waals surface area contributed by atoms with Gasteiger partial charge in [0, 0.05) is 24.2 Å². The van der Waals surface area contributed by atoms with Gasteiger partial charge in [0.15, 0.2) is 0 Å². The lowest BCUT2D eigenvalue weighted by Crippen LogP contribution is -2.32. The van der Waals surface area contributed by atoms with Crippen molar-refractivity contribution in [1.82, 2.24) is 10.2 Å². The monoisotopic (exact) mass is 258 g/mol.